The smallest absolute Gasteiger partial charge is 0.128 e. The van der Waals surface area contributed by atoms with E-state index in [2.05, 4.69) is 0 Å². The first-order valence-corrected chi connectivity index (χ1v) is 5.14. The topological polar surface area (TPSA) is 0 Å². The highest BCUT2D eigenvalue weighted by Crippen LogP contribution is 2.48. The molecule has 0 amide bonds. The Kier molecular flexibility index (Phi) is 2.48. The minimum atomic E-state index is -0.204. The second kappa shape index (κ2) is 3.47. The Morgan fingerprint density at radius 1 is 1.46 bits per heavy atom. The molecule has 1 aliphatic rings. The summed E-state index contributed by atoms with van der Waals surface area (Å²) in [5.41, 5.74) is 0.759. The lowest BCUT2D eigenvalue weighted by Gasteiger charge is -2.01. The molecule has 0 aliphatic heterocycles. The first-order chi connectivity index (χ1) is 6.22. The minimum absolute atomic E-state index is 0.204. The molecule has 1 aliphatic carbocycles. The third-order valence-electron chi connectivity index (χ3n) is 2.48. The van der Waals surface area contributed by atoms with Crippen LogP contribution in [-0.4, -0.2) is 5.88 Å². The van der Waals surface area contributed by atoms with Crippen LogP contribution in [0.1, 0.15) is 17.9 Å². The summed E-state index contributed by atoms with van der Waals surface area (Å²) in [4.78, 5) is 0. The van der Waals surface area contributed by atoms with Crippen LogP contribution in [0.2, 0.25) is 5.02 Å². The minimum Gasteiger partial charge on any atom is -0.207 e. The summed E-state index contributed by atoms with van der Waals surface area (Å²) in [6.45, 7) is 0. The largest absolute Gasteiger partial charge is 0.207 e. The number of rotatable bonds is 2. The van der Waals surface area contributed by atoms with E-state index in [1.54, 1.807) is 12.1 Å². The van der Waals surface area contributed by atoms with Crippen LogP contribution in [-0.2, 0) is 0 Å². The van der Waals surface area contributed by atoms with Crippen molar-refractivity contribution >= 4 is 23.2 Å². The van der Waals surface area contributed by atoms with Crippen LogP contribution in [0, 0.1) is 11.7 Å². The highest BCUT2D eigenvalue weighted by atomic mass is 35.5. The highest BCUT2D eigenvalue weighted by Gasteiger charge is 2.38. The van der Waals surface area contributed by atoms with E-state index in [-0.39, 0.29) is 5.82 Å². The van der Waals surface area contributed by atoms with Gasteiger partial charge < -0.3 is 0 Å². The van der Waals surface area contributed by atoms with Gasteiger partial charge in [0.25, 0.3) is 0 Å². The van der Waals surface area contributed by atoms with Gasteiger partial charge in [0.05, 0.1) is 0 Å². The lowest BCUT2D eigenvalue weighted by Crippen LogP contribution is -1.89. The van der Waals surface area contributed by atoms with Crippen molar-refractivity contribution in [2.24, 2.45) is 5.92 Å². The molecule has 13 heavy (non-hydrogen) atoms. The molecule has 0 saturated heterocycles. The molecule has 1 saturated carbocycles. The SMILES string of the molecule is Fc1cc(Cl)ccc1C1CC1CCl. The first-order valence-electron chi connectivity index (χ1n) is 4.23. The van der Waals surface area contributed by atoms with Crippen molar-refractivity contribution < 1.29 is 4.39 Å². The van der Waals surface area contributed by atoms with Crippen molar-refractivity contribution in [3.05, 3.63) is 34.6 Å². The van der Waals surface area contributed by atoms with E-state index >= 15 is 0 Å². The number of alkyl halides is 1. The Morgan fingerprint density at radius 3 is 2.77 bits per heavy atom. The zero-order chi connectivity index (χ0) is 9.42. The van der Waals surface area contributed by atoms with Gasteiger partial charge in [0.2, 0.25) is 0 Å². The molecule has 2 unspecified atom stereocenters. The fourth-order valence-electron chi connectivity index (χ4n) is 1.60. The molecule has 0 aromatic heterocycles. The van der Waals surface area contributed by atoms with Gasteiger partial charge in [-0.25, -0.2) is 4.39 Å². The number of halogens is 3. The van der Waals surface area contributed by atoms with Gasteiger partial charge in [0.15, 0.2) is 0 Å². The summed E-state index contributed by atoms with van der Waals surface area (Å²) in [6.07, 6.45) is 1.00. The van der Waals surface area contributed by atoms with Gasteiger partial charge in [0, 0.05) is 10.9 Å². The standard InChI is InChI=1S/C10H9Cl2F/c11-5-6-3-9(6)8-2-1-7(12)4-10(8)13/h1-2,4,6,9H,3,5H2. The Bertz CT molecular complexity index is 325. The highest BCUT2D eigenvalue weighted by molar-refractivity contribution is 6.30. The number of hydrogen-bond acceptors (Lipinski definition) is 0. The average Bonchev–Trinajstić information content (AvgIpc) is 2.83. The van der Waals surface area contributed by atoms with Gasteiger partial charge in [-0.3, -0.25) is 0 Å². The van der Waals surface area contributed by atoms with Gasteiger partial charge >= 0.3 is 0 Å². The normalized spacial score (nSPS) is 26.1. The molecule has 1 aromatic rings. The Hall–Kier alpha value is -0.270. The molecule has 1 aromatic carbocycles. The molecule has 3 heteroatoms. The summed E-state index contributed by atoms with van der Waals surface area (Å²) in [6, 6.07) is 4.85. The van der Waals surface area contributed by atoms with Crippen molar-refractivity contribution in [2.75, 3.05) is 5.88 Å². The van der Waals surface area contributed by atoms with Crippen LogP contribution in [0.4, 0.5) is 4.39 Å². The molecule has 0 bridgehead atoms. The summed E-state index contributed by atoms with van der Waals surface area (Å²) in [5.74, 6) is 1.18. The maximum absolute atomic E-state index is 13.3. The zero-order valence-electron chi connectivity index (χ0n) is 6.93. The third-order valence-corrected chi connectivity index (χ3v) is 3.11. The zero-order valence-corrected chi connectivity index (χ0v) is 8.45. The molecule has 0 radical (unpaired) electrons. The van der Waals surface area contributed by atoms with Crippen molar-refractivity contribution in [1.29, 1.82) is 0 Å². The molecule has 2 atom stereocenters. The van der Waals surface area contributed by atoms with Crippen LogP contribution in [0.25, 0.3) is 0 Å². The summed E-state index contributed by atoms with van der Waals surface area (Å²) in [5, 5.41) is 0.448. The van der Waals surface area contributed by atoms with E-state index in [4.69, 9.17) is 23.2 Å². The monoisotopic (exact) mass is 218 g/mol. The van der Waals surface area contributed by atoms with Crippen LogP contribution >= 0.6 is 23.2 Å². The van der Waals surface area contributed by atoms with Crippen LogP contribution in [0.3, 0.4) is 0 Å². The molecular weight excluding hydrogens is 210 g/mol. The lowest BCUT2D eigenvalue weighted by molar-refractivity contribution is 0.608. The van der Waals surface area contributed by atoms with Gasteiger partial charge in [-0.15, -0.1) is 11.6 Å². The van der Waals surface area contributed by atoms with Gasteiger partial charge in [-0.2, -0.15) is 0 Å². The summed E-state index contributed by atoms with van der Waals surface area (Å²) in [7, 11) is 0. The fourth-order valence-corrected chi connectivity index (χ4v) is 2.10. The number of benzene rings is 1. The van der Waals surface area contributed by atoms with Crippen LogP contribution in [0.5, 0.6) is 0 Å². The maximum Gasteiger partial charge on any atom is 0.128 e. The van der Waals surface area contributed by atoms with Gasteiger partial charge in [0.1, 0.15) is 5.82 Å². The van der Waals surface area contributed by atoms with Crippen molar-refractivity contribution in [1.82, 2.24) is 0 Å². The van der Waals surface area contributed by atoms with E-state index in [9.17, 15) is 4.39 Å². The molecule has 0 spiro atoms. The Labute approximate surface area is 86.7 Å². The second-order valence-corrected chi connectivity index (χ2v) is 4.17. The molecular formula is C10H9Cl2F. The molecule has 70 valence electrons. The molecule has 0 nitrogen and oxygen atoms in total. The summed E-state index contributed by atoms with van der Waals surface area (Å²) >= 11 is 11.3. The van der Waals surface area contributed by atoms with Crippen LogP contribution in [0.15, 0.2) is 18.2 Å². The maximum atomic E-state index is 13.3. The van der Waals surface area contributed by atoms with Crippen molar-refractivity contribution in [3.63, 3.8) is 0 Å². The van der Waals surface area contributed by atoms with E-state index in [1.165, 1.54) is 6.07 Å². The Balaban J connectivity index is 2.22. The average molecular weight is 219 g/mol. The predicted octanol–water partition coefficient (Wildman–Crippen LogP) is 3.82. The van der Waals surface area contributed by atoms with Crippen molar-refractivity contribution in [3.8, 4) is 0 Å². The van der Waals surface area contributed by atoms with E-state index in [1.807, 2.05) is 0 Å². The number of hydrogen-bond donors (Lipinski definition) is 0. The lowest BCUT2D eigenvalue weighted by atomic mass is 10.1. The van der Waals surface area contributed by atoms with Gasteiger partial charge in [-0.1, -0.05) is 17.7 Å². The molecule has 0 heterocycles. The molecule has 1 fully saturated rings. The third kappa shape index (κ3) is 1.82. The Morgan fingerprint density at radius 2 is 2.23 bits per heavy atom. The predicted molar refractivity (Wildman–Crippen MR) is 53.0 cm³/mol. The first kappa shape index (κ1) is 9.29. The fraction of sp³-hybridized carbons (Fsp3) is 0.400. The molecule has 2 rings (SSSR count). The molecule has 0 N–H and O–H groups in total. The summed E-state index contributed by atoms with van der Waals surface area (Å²) < 4.78 is 13.3. The second-order valence-electron chi connectivity index (χ2n) is 3.42. The quantitative estimate of drug-likeness (QED) is 0.663. The van der Waals surface area contributed by atoms with E-state index in [0.717, 1.165) is 12.0 Å². The van der Waals surface area contributed by atoms with E-state index in [0.29, 0.717) is 22.7 Å². The van der Waals surface area contributed by atoms with Crippen LogP contribution < -0.4 is 0 Å². The van der Waals surface area contributed by atoms with E-state index < -0.39 is 0 Å². The van der Waals surface area contributed by atoms with Crippen molar-refractivity contribution in [2.45, 2.75) is 12.3 Å². The van der Waals surface area contributed by atoms with Gasteiger partial charge in [-0.05, 0) is 36.0 Å².